The number of ether oxygens (including phenoxy) is 1. The molecule has 0 atom stereocenters. The fourth-order valence-electron chi connectivity index (χ4n) is 1.81. The molecule has 0 unspecified atom stereocenters. The second kappa shape index (κ2) is 4.83. The number of hydrogen-bond acceptors (Lipinski definition) is 2. The van der Waals surface area contributed by atoms with Crippen LogP contribution in [0.2, 0.25) is 0 Å². The Morgan fingerprint density at radius 3 is 2.41 bits per heavy atom. The predicted molar refractivity (Wildman–Crippen MR) is 68.0 cm³/mol. The second-order valence-corrected chi connectivity index (χ2v) is 3.84. The monoisotopic (exact) mass is 225 g/mol. The van der Waals surface area contributed by atoms with Crippen LogP contribution in [0.1, 0.15) is 11.1 Å². The zero-order valence-corrected chi connectivity index (χ0v) is 9.86. The van der Waals surface area contributed by atoms with Crippen molar-refractivity contribution in [3.8, 4) is 16.9 Å². The van der Waals surface area contributed by atoms with E-state index in [1.807, 2.05) is 49.6 Å². The maximum Gasteiger partial charge on any atom is 0.233 e. The van der Waals surface area contributed by atoms with E-state index >= 15 is 0 Å². The van der Waals surface area contributed by atoms with Crippen LogP contribution in [0, 0.1) is 6.92 Å². The molecular formula is C15H13O2. The Balaban J connectivity index is 2.61. The maximum absolute atomic E-state index is 10.8. The van der Waals surface area contributed by atoms with Crippen molar-refractivity contribution in [3.63, 3.8) is 0 Å². The summed E-state index contributed by atoms with van der Waals surface area (Å²) < 4.78 is 5.32. The zero-order chi connectivity index (χ0) is 12.3. The first kappa shape index (κ1) is 11.4. The van der Waals surface area contributed by atoms with Gasteiger partial charge in [-0.1, -0.05) is 30.3 Å². The molecule has 2 aromatic carbocycles. The van der Waals surface area contributed by atoms with Gasteiger partial charge in [-0.3, -0.25) is 4.79 Å². The molecule has 2 nitrogen and oxygen atoms in total. The van der Waals surface area contributed by atoms with Crippen LogP contribution in [0.4, 0.5) is 0 Å². The molecule has 0 saturated heterocycles. The molecule has 17 heavy (non-hydrogen) atoms. The van der Waals surface area contributed by atoms with Crippen molar-refractivity contribution in [1.29, 1.82) is 0 Å². The van der Waals surface area contributed by atoms with Gasteiger partial charge in [-0.15, -0.1) is 0 Å². The number of rotatable bonds is 3. The SMILES string of the molecule is COc1cc([C]=O)c(C)cc1-c1ccccc1. The first-order chi connectivity index (χ1) is 8.26. The highest BCUT2D eigenvalue weighted by atomic mass is 16.5. The summed E-state index contributed by atoms with van der Waals surface area (Å²) in [6.07, 6.45) is 1.92. The molecular weight excluding hydrogens is 212 g/mol. The molecule has 0 spiro atoms. The Morgan fingerprint density at radius 1 is 1.12 bits per heavy atom. The highest BCUT2D eigenvalue weighted by Crippen LogP contribution is 2.32. The van der Waals surface area contributed by atoms with Crippen LogP contribution in [0.3, 0.4) is 0 Å². The molecule has 1 radical (unpaired) electrons. The van der Waals surface area contributed by atoms with E-state index in [9.17, 15) is 4.79 Å². The van der Waals surface area contributed by atoms with Crippen molar-refractivity contribution < 1.29 is 9.53 Å². The summed E-state index contributed by atoms with van der Waals surface area (Å²) >= 11 is 0. The number of methoxy groups -OCH3 is 1. The molecule has 0 aliphatic carbocycles. The number of aryl methyl sites for hydroxylation is 1. The minimum absolute atomic E-state index is 0.543. The fraction of sp³-hybridized carbons (Fsp3) is 0.133. The van der Waals surface area contributed by atoms with Crippen molar-refractivity contribution in [2.75, 3.05) is 7.11 Å². The Bertz CT molecular complexity index is 530. The van der Waals surface area contributed by atoms with Crippen molar-refractivity contribution in [1.82, 2.24) is 0 Å². The Morgan fingerprint density at radius 2 is 1.82 bits per heavy atom. The first-order valence-electron chi connectivity index (χ1n) is 5.38. The molecule has 0 aromatic heterocycles. The molecule has 2 aromatic rings. The zero-order valence-electron chi connectivity index (χ0n) is 9.86. The van der Waals surface area contributed by atoms with E-state index in [4.69, 9.17) is 4.74 Å². The fourth-order valence-corrected chi connectivity index (χ4v) is 1.81. The summed E-state index contributed by atoms with van der Waals surface area (Å²) in [7, 11) is 1.60. The lowest BCUT2D eigenvalue weighted by Gasteiger charge is -2.11. The number of hydrogen-bond donors (Lipinski definition) is 0. The second-order valence-electron chi connectivity index (χ2n) is 3.84. The Hall–Kier alpha value is -2.09. The van der Waals surface area contributed by atoms with E-state index in [0.29, 0.717) is 11.3 Å². The van der Waals surface area contributed by atoms with Gasteiger partial charge in [0.1, 0.15) is 5.75 Å². The quantitative estimate of drug-likeness (QED) is 0.802. The van der Waals surface area contributed by atoms with Crippen LogP contribution in [0.5, 0.6) is 5.75 Å². The molecule has 85 valence electrons. The van der Waals surface area contributed by atoms with E-state index < -0.39 is 0 Å². The van der Waals surface area contributed by atoms with Crippen LogP contribution < -0.4 is 4.74 Å². The smallest absolute Gasteiger partial charge is 0.233 e. The van der Waals surface area contributed by atoms with Crippen molar-refractivity contribution in [3.05, 3.63) is 53.6 Å². The third-order valence-corrected chi connectivity index (χ3v) is 2.74. The van der Waals surface area contributed by atoms with E-state index in [1.165, 1.54) is 0 Å². The van der Waals surface area contributed by atoms with E-state index in [2.05, 4.69) is 0 Å². The molecule has 0 N–H and O–H groups in total. The average Bonchev–Trinajstić information content (AvgIpc) is 2.39. The maximum atomic E-state index is 10.8. The van der Waals surface area contributed by atoms with Gasteiger partial charge in [-0.2, -0.15) is 0 Å². The van der Waals surface area contributed by atoms with Crippen LogP contribution >= 0.6 is 0 Å². The summed E-state index contributed by atoms with van der Waals surface area (Å²) in [4.78, 5) is 10.8. The summed E-state index contributed by atoms with van der Waals surface area (Å²) in [5, 5.41) is 0. The van der Waals surface area contributed by atoms with Gasteiger partial charge < -0.3 is 4.74 Å². The standard InChI is InChI=1S/C15H13O2/c1-11-8-14(12-6-4-3-5-7-12)15(17-2)9-13(11)10-16/h3-9H,1-2H3. The summed E-state index contributed by atoms with van der Waals surface area (Å²) in [5.41, 5.74) is 3.51. The van der Waals surface area contributed by atoms with Gasteiger partial charge in [0.15, 0.2) is 0 Å². The molecule has 0 amide bonds. The van der Waals surface area contributed by atoms with Crippen LogP contribution in [-0.4, -0.2) is 13.4 Å². The first-order valence-corrected chi connectivity index (χ1v) is 5.38. The molecule has 0 saturated carbocycles. The van der Waals surface area contributed by atoms with Gasteiger partial charge in [-0.25, -0.2) is 0 Å². The third-order valence-electron chi connectivity index (χ3n) is 2.74. The van der Waals surface area contributed by atoms with Gasteiger partial charge in [0.05, 0.1) is 7.11 Å². The number of carbonyl (C=O) groups excluding carboxylic acids is 1. The lowest BCUT2D eigenvalue weighted by Crippen LogP contribution is -1.93. The normalized spacial score (nSPS) is 10.0. The van der Waals surface area contributed by atoms with Gasteiger partial charge in [0, 0.05) is 11.1 Å². The molecule has 2 rings (SSSR count). The van der Waals surface area contributed by atoms with Gasteiger partial charge in [0.2, 0.25) is 6.29 Å². The third kappa shape index (κ3) is 2.21. The molecule has 0 bridgehead atoms. The summed E-state index contributed by atoms with van der Waals surface area (Å²) in [6, 6.07) is 13.6. The minimum Gasteiger partial charge on any atom is -0.496 e. The largest absolute Gasteiger partial charge is 0.496 e. The lowest BCUT2D eigenvalue weighted by molar-refractivity contribution is 0.416. The van der Waals surface area contributed by atoms with Crippen molar-refractivity contribution >= 4 is 6.29 Å². The van der Waals surface area contributed by atoms with Gasteiger partial charge in [-0.05, 0) is 30.2 Å². The summed E-state index contributed by atoms with van der Waals surface area (Å²) in [5.74, 6) is 0.695. The van der Waals surface area contributed by atoms with Crippen molar-refractivity contribution in [2.45, 2.75) is 6.92 Å². The highest BCUT2D eigenvalue weighted by Gasteiger charge is 2.09. The lowest BCUT2D eigenvalue weighted by atomic mass is 9.99. The molecule has 0 heterocycles. The molecule has 0 fully saturated rings. The molecule has 0 aliphatic rings. The average molecular weight is 225 g/mol. The topological polar surface area (TPSA) is 26.3 Å². The van der Waals surface area contributed by atoms with Gasteiger partial charge >= 0.3 is 0 Å². The Kier molecular flexibility index (Phi) is 3.24. The molecule has 2 heteroatoms. The number of benzene rings is 2. The summed E-state index contributed by atoms with van der Waals surface area (Å²) in [6.45, 7) is 1.89. The van der Waals surface area contributed by atoms with E-state index in [0.717, 1.165) is 16.7 Å². The van der Waals surface area contributed by atoms with Crippen LogP contribution in [0.15, 0.2) is 42.5 Å². The predicted octanol–water partition coefficient (Wildman–Crippen LogP) is 3.13. The Labute approximate surface area is 101 Å². The minimum atomic E-state index is 0.543. The molecule has 0 aliphatic heterocycles. The van der Waals surface area contributed by atoms with E-state index in [-0.39, 0.29) is 0 Å². The highest BCUT2D eigenvalue weighted by molar-refractivity contribution is 5.83. The van der Waals surface area contributed by atoms with E-state index in [1.54, 1.807) is 13.2 Å². The van der Waals surface area contributed by atoms with Crippen LogP contribution in [0.25, 0.3) is 11.1 Å². The van der Waals surface area contributed by atoms with Gasteiger partial charge in [0.25, 0.3) is 0 Å². The van der Waals surface area contributed by atoms with Crippen molar-refractivity contribution in [2.24, 2.45) is 0 Å². The van der Waals surface area contributed by atoms with Crippen LogP contribution in [-0.2, 0) is 4.79 Å².